The van der Waals surface area contributed by atoms with E-state index in [-0.39, 0.29) is 11.8 Å². The van der Waals surface area contributed by atoms with Gasteiger partial charge in [-0.15, -0.1) is 0 Å². The van der Waals surface area contributed by atoms with Crippen molar-refractivity contribution in [3.05, 3.63) is 65.7 Å². The third-order valence-electron chi connectivity index (χ3n) is 4.89. The maximum atomic E-state index is 12.8. The van der Waals surface area contributed by atoms with Crippen molar-refractivity contribution in [2.24, 2.45) is 0 Å². The monoisotopic (exact) mass is 392 g/mol. The summed E-state index contributed by atoms with van der Waals surface area (Å²) in [5.41, 5.74) is 2.14. The fraction of sp³-hybridized carbons (Fsp3) is 0.333. The van der Waals surface area contributed by atoms with Gasteiger partial charge in [0, 0.05) is 30.4 Å². The lowest BCUT2D eigenvalue weighted by Crippen LogP contribution is -2.31. The van der Waals surface area contributed by atoms with Crippen molar-refractivity contribution < 1.29 is 14.3 Å². The molecule has 0 atom stereocenters. The molecule has 0 bridgehead atoms. The Hall–Kier alpha value is -3.08. The molecule has 1 heterocycles. The lowest BCUT2D eigenvalue weighted by atomic mass is 10.1. The van der Waals surface area contributed by atoms with Crippen LogP contribution in [-0.2, 0) is 4.79 Å². The van der Waals surface area contributed by atoms with Crippen LogP contribution in [0.25, 0.3) is 6.08 Å². The molecule has 0 aromatic heterocycles. The molecular weight excluding hydrogens is 364 g/mol. The van der Waals surface area contributed by atoms with Gasteiger partial charge in [-0.2, -0.15) is 0 Å². The van der Waals surface area contributed by atoms with E-state index in [2.05, 4.69) is 5.32 Å². The number of benzene rings is 2. The molecule has 0 unspecified atom stereocenters. The number of nitrogens with zero attached hydrogens (tertiary/aromatic N) is 1. The van der Waals surface area contributed by atoms with Gasteiger partial charge in [0.1, 0.15) is 5.75 Å². The summed E-state index contributed by atoms with van der Waals surface area (Å²) < 4.78 is 5.41. The molecule has 3 rings (SSSR count). The van der Waals surface area contributed by atoms with E-state index in [0.717, 1.165) is 37.2 Å². The Morgan fingerprint density at radius 2 is 1.76 bits per heavy atom. The molecule has 5 heteroatoms. The molecule has 2 aromatic rings. The molecule has 1 fully saturated rings. The highest BCUT2D eigenvalue weighted by Gasteiger charge is 2.17. The first kappa shape index (κ1) is 20.6. The molecule has 0 aliphatic carbocycles. The van der Waals surface area contributed by atoms with Crippen LogP contribution in [0.3, 0.4) is 0 Å². The summed E-state index contributed by atoms with van der Waals surface area (Å²) in [4.78, 5) is 26.9. The van der Waals surface area contributed by atoms with E-state index >= 15 is 0 Å². The number of carbonyl (C=O) groups excluding carboxylic acids is 2. The molecule has 1 saturated heterocycles. The molecule has 0 radical (unpaired) electrons. The zero-order valence-corrected chi connectivity index (χ0v) is 16.9. The van der Waals surface area contributed by atoms with Gasteiger partial charge in [-0.1, -0.05) is 31.0 Å². The van der Waals surface area contributed by atoms with Crippen LogP contribution in [0.1, 0.15) is 48.5 Å². The predicted molar refractivity (Wildman–Crippen MR) is 116 cm³/mol. The number of rotatable bonds is 6. The Morgan fingerprint density at radius 1 is 1.03 bits per heavy atom. The number of likely N-dealkylation sites (tertiary alicyclic amines) is 1. The molecular formula is C24H28N2O3. The van der Waals surface area contributed by atoms with Crippen LogP contribution in [0.2, 0.25) is 0 Å². The van der Waals surface area contributed by atoms with Gasteiger partial charge in [-0.3, -0.25) is 9.59 Å². The van der Waals surface area contributed by atoms with Crippen LogP contribution < -0.4 is 10.1 Å². The maximum Gasteiger partial charge on any atom is 0.253 e. The van der Waals surface area contributed by atoms with Crippen LogP contribution in [0.4, 0.5) is 5.69 Å². The normalized spacial score (nSPS) is 14.4. The summed E-state index contributed by atoms with van der Waals surface area (Å²) in [7, 11) is 0. The minimum atomic E-state index is -0.238. The van der Waals surface area contributed by atoms with E-state index in [9.17, 15) is 9.59 Å². The Kier molecular flexibility index (Phi) is 7.45. The number of hydrogen-bond acceptors (Lipinski definition) is 3. The Balaban J connectivity index is 1.60. The summed E-state index contributed by atoms with van der Waals surface area (Å²) >= 11 is 0. The minimum absolute atomic E-state index is 0.0351. The molecule has 1 N–H and O–H groups in total. The molecule has 1 aliphatic rings. The van der Waals surface area contributed by atoms with Crippen molar-refractivity contribution in [1.82, 2.24) is 4.90 Å². The highest BCUT2D eigenvalue weighted by molar-refractivity contribution is 6.03. The number of anilines is 1. The summed E-state index contributed by atoms with van der Waals surface area (Å²) in [6.45, 7) is 4.17. The predicted octanol–water partition coefficient (Wildman–Crippen LogP) is 4.75. The maximum absolute atomic E-state index is 12.8. The van der Waals surface area contributed by atoms with Gasteiger partial charge in [0.15, 0.2) is 0 Å². The van der Waals surface area contributed by atoms with Crippen LogP contribution >= 0.6 is 0 Å². The van der Waals surface area contributed by atoms with Gasteiger partial charge in [0.05, 0.1) is 6.61 Å². The first-order valence-corrected chi connectivity index (χ1v) is 10.3. The first-order chi connectivity index (χ1) is 14.2. The fourth-order valence-electron chi connectivity index (χ4n) is 3.38. The minimum Gasteiger partial charge on any atom is -0.494 e. The highest BCUT2D eigenvalue weighted by atomic mass is 16.5. The number of nitrogens with one attached hydrogen (secondary N) is 1. The average Bonchev–Trinajstić information content (AvgIpc) is 3.03. The van der Waals surface area contributed by atoms with Gasteiger partial charge in [0.2, 0.25) is 5.91 Å². The van der Waals surface area contributed by atoms with Crippen molar-refractivity contribution >= 4 is 23.6 Å². The highest BCUT2D eigenvalue weighted by Crippen LogP contribution is 2.17. The zero-order chi connectivity index (χ0) is 20.5. The van der Waals surface area contributed by atoms with Crippen molar-refractivity contribution in [3.63, 3.8) is 0 Å². The zero-order valence-electron chi connectivity index (χ0n) is 16.9. The second-order valence-electron chi connectivity index (χ2n) is 7.11. The summed E-state index contributed by atoms with van der Waals surface area (Å²) in [5.74, 6) is 0.603. The van der Waals surface area contributed by atoms with Crippen LogP contribution in [0, 0.1) is 0 Å². The van der Waals surface area contributed by atoms with E-state index < -0.39 is 0 Å². The molecule has 2 amide bonds. The molecule has 0 spiro atoms. The van der Waals surface area contributed by atoms with Gasteiger partial charge in [-0.05, 0) is 61.7 Å². The van der Waals surface area contributed by atoms with Gasteiger partial charge >= 0.3 is 0 Å². The SMILES string of the molecule is CCOc1ccc(/C=C/C(=O)Nc2cccc(C(=O)N3CCCCCC3)c2)cc1. The second kappa shape index (κ2) is 10.5. The largest absolute Gasteiger partial charge is 0.494 e. The molecule has 0 saturated carbocycles. The number of amides is 2. The summed E-state index contributed by atoms with van der Waals surface area (Å²) in [6, 6.07) is 14.7. The lowest BCUT2D eigenvalue weighted by molar-refractivity contribution is -0.111. The smallest absolute Gasteiger partial charge is 0.253 e. The second-order valence-corrected chi connectivity index (χ2v) is 7.11. The quantitative estimate of drug-likeness (QED) is 0.722. The van der Waals surface area contributed by atoms with Crippen LogP contribution in [-0.4, -0.2) is 36.4 Å². The first-order valence-electron chi connectivity index (χ1n) is 10.3. The van der Waals surface area contributed by atoms with E-state index in [0.29, 0.717) is 17.9 Å². The Bertz CT molecular complexity index is 851. The molecule has 152 valence electrons. The summed E-state index contributed by atoms with van der Waals surface area (Å²) in [5, 5.41) is 2.83. The molecule has 1 aliphatic heterocycles. The van der Waals surface area contributed by atoms with E-state index in [1.807, 2.05) is 36.1 Å². The van der Waals surface area contributed by atoms with Crippen molar-refractivity contribution in [2.75, 3.05) is 25.0 Å². The van der Waals surface area contributed by atoms with E-state index in [1.54, 1.807) is 30.3 Å². The van der Waals surface area contributed by atoms with Gasteiger partial charge in [0.25, 0.3) is 5.91 Å². The van der Waals surface area contributed by atoms with Crippen LogP contribution in [0.15, 0.2) is 54.6 Å². The number of hydrogen-bond donors (Lipinski definition) is 1. The fourth-order valence-corrected chi connectivity index (χ4v) is 3.38. The van der Waals surface area contributed by atoms with Crippen molar-refractivity contribution in [3.8, 4) is 5.75 Å². The molecule has 29 heavy (non-hydrogen) atoms. The van der Waals surface area contributed by atoms with E-state index in [4.69, 9.17) is 4.74 Å². The Morgan fingerprint density at radius 3 is 2.45 bits per heavy atom. The van der Waals surface area contributed by atoms with Crippen molar-refractivity contribution in [1.29, 1.82) is 0 Å². The third kappa shape index (κ3) is 6.21. The lowest BCUT2D eigenvalue weighted by Gasteiger charge is -2.20. The average molecular weight is 392 g/mol. The number of ether oxygens (including phenoxy) is 1. The van der Waals surface area contributed by atoms with Crippen molar-refractivity contribution in [2.45, 2.75) is 32.6 Å². The van der Waals surface area contributed by atoms with Crippen LogP contribution in [0.5, 0.6) is 5.75 Å². The van der Waals surface area contributed by atoms with Gasteiger partial charge < -0.3 is 15.0 Å². The Labute approximate surface area is 172 Å². The molecule has 5 nitrogen and oxygen atoms in total. The topological polar surface area (TPSA) is 58.6 Å². The standard InChI is InChI=1S/C24H28N2O3/c1-2-29-22-13-10-19(11-14-22)12-15-23(27)25-21-9-7-8-20(18-21)24(28)26-16-5-3-4-6-17-26/h7-15,18H,2-6,16-17H2,1H3,(H,25,27)/b15-12+. The summed E-state index contributed by atoms with van der Waals surface area (Å²) in [6.07, 6.45) is 7.70. The van der Waals surface area contributed by atoms with E-state index in [1.165, 1.54) is 18.9 Å². The molecule has 2 aromatic carbocycles. The third-order valence-corrected chi connectivity index (χ3v) is 4.89. The van der Waals surface area contributed by atoms with Gasteiger partial charge in [-0.25, -0.2) is 0 Å². The number of carbonyl (C=O) groups is 2.